The molecule has 0 spiro atoms. The van der Waals surface area contributed by atoms with E-state index >= 15 is 0 Å². The number of hydrogen-bond donors (Lipinski definition) is 0. The molecule has 0 N–H and O–H groups in total. The van der Waals surface area contributed by atoms with Crippen molar-refractivity contribution < 1.29 is 9.59 Å². The minimum atomic E-state index is -0.0103. The van der Waals surface area contributed by atoms with Gasteiger partial charge in [-0.1, -0.05) is 72.4 Å². The van der Waals surface area contributed by atoms with Crippen LogP contribution in [0, 0.1) is 20.8 Å². The van der Waals surface area contributed by atoms with E-state index in [1.165, 1.54) is 34.1 Å². The fraction of sp³-hybridized carbons (Fsp3) is 0.222. The van der Waals surface area contributed by atoms with E-state index in [2.05, 4.69) is 62.1 Å². The fourth-order valence-electron chi connectivity index (χ4n) is 5.66. The van der Waals surface area contributed by atoms with Gasteiger partial charge in [-0.3, -0.25) is 9.59 Å². The minimum absolute atomic E-state index is 0.0103. The van der Waals surface area contributed by atoms with Gasteiger partial charge in [-0.15, -0.1) is 0 Å². The molecule has 1 saturated heterocycles. The number of nitrogens with zero attached hydrogens (tertiary/aromatic N) is 3. The maximum absolute atomic E-state index is 13.7. The average Bonchev–Trinajstić information content (AvgIpc) is 3.01. The summed E-state index contributed by atoms with van der Waals surface area (Å²) in [6.45, 7) is 9.93. The van der Waals surface area contributed by atoms with Crippen LogP contribution in [0.5, 0.6) is 0 Å². The van der Waals surface area contributed by atoms with Gasteiger partial charge in [0.15, 0.2) is 0 Å². The zero-order valence-electron chi connectivity index (χ0n) is 24.3. The predicted molar refractivity (Wildman–Crippen MR) is 173 cm³/mol. The van der Waals surface area contributed by atoms with Crippen molar-refractivity contribution in [2.24, 2.45) is 0 Å². The lowest BCUT2D eigenvalue weighted by Crippen LogP contribution is -2.49. The highest BCUT2D eigenvalue weighted by molar-refractivity contribution is 8.04. The van der Waals surface area contributed by atoms with E-state index in [1.807, 2.05) is 70.5 Å². The molecule has 4 aromatic carbocycles. The quantitative estimate of drug-likeness (QED) is 0.236. The zero-order chi connectivity index (χ0) is 29.2. The molecule has 212 valence electrons. The van der Waals surface area contributed by atoms with Crippen molar-refractivity contribution in [1.29, 1.82) is 0 Å². The molecule has 0 bridgehead atoms. The first-order chi connectivity index (χ1) is 20.4. The van der Waals surface area contributed by atoms with Gasteiger partial charge in [0.05, 0.1) is 17.1 Å². The first-order valence-corrected chi connectivity index (χ1v) is 15.3. The molecule has 42 heavy (non-hydrogen) atoms. The van der Waals surface area contributed by atoms with E-state index < -0.39 is 0 Å². The molecule has 5 nitrogen and oxygen atoms in total. The molecule has 2 aliphatic heterocycles. The van der Waals surface area contributed by atoms with Crippen LogP contribution in [0.1, 0.15) is 38.2 Å². The molecule has 6 rings (SSSR count). The molecule has 2 aliphatic rings. The summed E-state index contributed by atoms with van der Waals surface area (Å²) in [5.41, 5.74) is 8.66. The van der Waals surface area contributed by atoms with Crippen LogP contribution in [0.4, 0.5) is 11.4 Å². The Hall–Kier alpha value is -4.29. The number of amides is 2. The second-order valence-electron chi connectivity index (χ2n) is 11.0. The topological polar surface area (TPSA) is 43.9 Å². The molecule has 6 heteroatoms. The maximum Gasteiger partial charge on any atom is 0.265 e. The molecule has 2 heterocycles. The second-order valence-corrected chi connectivity index (χ2v) is 12.1. The molecule has 0 saturated carbocycles. The van der Waals surface area contributed by atoms with Crippen molar-refractivity contribution in [2.45, 2.75) is 32.2 Å². The molecular formula is C36H35N3O2S. The van der Waals surface area contributed by atoms with Crippen LogP contribution in [-0.2, 0) is 11.3 Å². The molecule has 4 aromatic rings. The Labute approximate surface area is 252 Å². The lowest BCUT2D eigenvalue weighted by atomic mass is 10.1. The van der Waals surface area contributed by atoms with Gasteiger partial charge in [-0.2, -0.15) is 0 Å². The first kappa shape index (κ1) is 27.9. The number of para-hydroxylation sites is 1. The Morgan fingerprint density at radius 2 is 1.43 bits per heavy atom. The number of hydrogen-bond acceptors (Lipinski definition) is 4. The normalized spacial score (nSPS) is 16.1. The van der Waals surface area contributed by atoms with Crippen LogP contribution < -0.4 is 9.80 Å². The van der Waals surface area contributed by atoms with Crippen molar-refractivity contribution in [3.8, 4) is 0 Å². The number of thioether (sulfide) groups is 1. The third-order valence-corrected chi connectivity index (χ3v) is 9.44. The fourth-order valence-corrected chi connectivity index (χ4v) is 6.72. The molecule has 0 aliphatic carbocycles. The minimum Gasteiger partial charge on any atom is -0.368 e. The van der Waals surface area contributed by atoms with Crippen LogP contribution >= 0.6 is 11.8 Å². The highest BCUT2D eigenvalue weighted by Gasteiger charge is 2.29. The summed E-state index contributed by atoms with van der Waals surface area (Å²) in [6.07, 6.45) is 1.94. The van der Waals surface area contributed by atoms with Gasteiger partial charge in [0, 0.05) is 42.3 Å². The SMILES string of the molecule is Cc1ccccc1CN1C(=O)/C(=C\c2ccc(C(=O)N3CCN(c4cccc(C)c4C)CC3)cc2)Sc2ccccc21. The van der Waals surface area contributed by atoms with Gasteiger partial charge in [0.1, 0.15) is 0 Å². The average molecular weight is 574 g/mol. The van der Waals surface area contributed by atoms with Gasteiger partial charge >= 0.3 is 0 Å². The van der Waals surface area contributed by atoms with Crippen LogP contribution in [0.15, 0.2) is 101 Å². The summed E-state index contributed by atoms with van der Waals surface area (Å²) in [6, 6.07) is 30.3. The van der Waals surface area contributed by atoms with E-state index in [-0.39, 0.29) is 11.8 Å². The van der Waals surface area contributed by atoms with Gasteiger partial charge in [-0.05, 0) is 85.0 Å². The number of anilines is 2. The number of aryl methyl sites for hydroxylation is 2. The summed E-state index contributed by atoms with van der Waals surface area (Å²) in [5.74, 6) is 0.0418. The molecule has 0 radical (unpaired) electrons. The van der Waals surface area contributed by atoms with E-state index in [4.69, 9.17) is 0 Å². The third-order valence-electron chi connectivity index (χ3n) is 8.36. The standard InChI is InChI=1S/C36H35N3O2S/c1-25-10-8-13-31(27(25)3)37-19-21-38(22-20-37)35(40)29-17-15-28(16-18-29)23-34-36(41)39(24-30-11-5-4-9-26(30)2)32-12-6-7-14-33(32)42-34/h4-18,23H,19-22,24H2,1-3H3/b34-23+. The molecule has 0 atom stereocenters. The number of carbonyl (C=O) groups excluding carboxylic acids is 2. The number of piperazine rings is 1. The summed E-state index contributed by atoms with van der Waals surface area (Å²) < 4.78 is 0. The van der Waals surface area contributed by atoms with Gasteiger partial charge in [0.25, 0.3) is 11.8 Å². The lowest BCUT2D eigenvalue weighted by Gasteiger charge is -2.37. The van der Waals surface area contributed by atoms with E-state index in [0.29, 0.717) is 30.1 Å². The summed E-state index contributed by atoms with van der Waals surface area (Å²) in [4.78, 5) is 35.0. The number of fused-ring (bicyclic) bond motifs is 1. The molecular weight excluding hydrogens is 538 g/mol. The first-order valence-electron chi connectivity index (χ1n) is 14.4. The van der Waals surface area contributed by atoms with E-state index in [9.17, 15) is 9.59 Å². The second kappa shape index (κ2) is 11.9. The Morgan fingerprint density at radius 3 is 2.19 bits per heavy atom. The Morgan fingerprint density at radius 1 is 0.762 bits per heavy atom. The van der Waals surface area contributed by atoms with Crippen LogP contribution in [-0.4, -0.2) is 42.9 Å². The van der Waals surface area contributed by atoms with Crippen molar-refractivity contribution >= 4 is 41.0 Å². The number of rotatable bonds is 5. The highest BCUT2D eigenvalue weighted by Crippen LogP contribution is 2.42. The molecule has 0 aromatic heterocycles. The van der Waals surface area contributed by atoms with Gasteiger partial charge in [-0.25, -0.2) is 0 Å². The van der Waals surface area contributed by atoms with E-state index in [1.54, 1.807) is 0 Å². The van der Waals surface area contributed by atoms with Crippen LogP contribution in [0.3, 0.4) is 0 Å². The third kappa shape index (κ3) is 5.59. The van der Waals surface area contributed by atoms with Gasteiger partial charge < -0.3 is 14.7 Å². The van der Waals surface area contributed by atoms with Crippen molar-refractivity contribution in [1.82, 2.24) is 4.90 Å². The van der Waals surface area contributed by atoms with Crippen LogP contribution in [0.25, 0.3) is 6.08 Å². The van der Waals surface area contributed by atoms with E-state index in [0.717, 1.165) is 34.8 Å². The monoisotopic (exact) mass is 573 g/mol. The lowest BCUT2D eigenvalue weighted by molar-refractivity contribution is -0.114. The molecule has 1 fully saturated rings. The highest BCUT2D eigenvalue weighted by atomic mass is 32.2. The summed E-state index contributed by atoms with van der Waals surface area (Å²) in [5, 5.41) is 0. The molecule has 2 amide bonds. The summed E-state index contributed by atoms with van der Waals surface area (Å²) >= 11 is 1.50. The van der Waals surface area contributed by atoms with Crippen LogP contribution in [0.2, 0.25) is 0 Å². The van der Waals surface area contributed by atoms with Gasteiger partial charge in [0.2, 0.25) is 0 Å². The smallest absolute Gasteiger partial charge is 0.265 e. The number of carbonyl (C=O) groups is 2. The Balaban J connectivity index is 1.16. The zero-order valence-corrected chi connectivity index (χ0v) is 25.2. The largest absolute Gasteiger partial charge is 0.368 e. The predicted octanol–water partition coefficient (Wildman–Crippen LogP) is 7.25. The summed E-state index contributed by atoms with van der Waals surface area (Å²) in [7, 11) is 0. The molecule has 0 unspecified atom stereocenters. The number of benzene rings is 4. The Bertz CT molecular complexity index is 1670. The Kier molecular flexibility index (Phi) is 7.90. The van der Waals surface area contributed by atoms with Crippen molar-refractivity contribution in [2.75, 3.05) is 36.0 Å². The van der Waals surface area contributed by atoms with Crippen molar-refractivity contribution in [3.63, 3.8) is 0 Å². The van der Waals surface area contributed by atoms with Crippen molar-refractivity contribution in [3.05, 3.63) is 129 Å². The maximum atomic E-state index is 13.7.